The molecule has 0 aliphatic heterocycles. The third-order valence-corrected chi connectivity index (χ3v) is 4.56. The number of carboxylic acid groups (broad SMARTS) is 1. The van der Waals surface area contributed by atoms with Crippen molar-refractivity contribution >= 4 is 11.5 Å². The highest BCUT2D eigenvalue weighted by Gasteiger charge is 2.21. The first kappa shape index (κ1) is 23.0. The molecule has 0 saturated carbocycles. The van der Waals surface area contributed by atoms with Crippen LogP contribution in [0.5, 0.6) is 0 Å². The number of hydrogen-bond donors (Lipinski definition) is 1. The molecule has 27 heavy (non-hydrogen) atoms. The van der Waals surface area contributed by atoms with Gasteiger partial charge in [-0.3, -0.25) is 0 Å². The predicted molar refractivity (Wildman–Crippen MR) is 117 cm³/mol. The van der Waals surface area contributed by atoms with Crippen molar-refractivity contribution in [3.8, 4) is 0 Å². The number of allylic oxidation sites excluding steroid dienone is 5. The van der Waals surface area contributed by atoms with Crippen LogP contribution in [0.4, 0.5) is 0 Å². The Morgan fingerprint density at radius 2 is 1.52 bits per heavy atom. The predicted octanol–water partition coefficient (Wildman–Crippen LogP) is 7.05. The van der Waals surface area contributed by atoms with Crippen molar-refractivity contribution in [1.82, 2.24) is 0 Å². The molecule has 0 saturated heterocycles. The van der Waals surface area contributed by atoms with E-state index in [9.17, 15) is 4.79 Å². The standard InChI is InChI=1S/C25H36O2/c1-9-11-19(13-10-12-18(2)14-23(26)27)20-15-21(24(3,4)5)17-22(16-20)25(6,7)8/h10,12-17H,9,11H2,1-8H3,(H,26,27)/b12-10+,18-14+,19-13+. The van der Waals surface area contributed by atoms with E-state index < -0.39 is 5.97 Å². The van der Waals surface area contributed by atoms with Gasteiger partial charge in [0.25, 0.3) is 0 Å². The Kier molecular flexibility index (Phi) is 7.83. The molecule has 0 spiro atoms. The molecule has 1 aromatic rings. The topological polar surface area (TPSA) is 37.3 Å². The van der Waals surface area contributed by atoms with Gasteiger partial charge in [0.05, 0.1) is 0 Å². The van der Waals surface area contributed by atoms with E-state index in [4.69, 9.17) is 5.11 Å². The molecule has 1 aromatic carbocycles. The Bertz CT molecular complexity index is 715. The third-order valence-electron chi connectivity index (χ3n) is 4.56. The van der Waals surface area contributed by atoms with Gasteiger partial charge in [-0.2, -0.15) is 0 Å². The van der Waals surface area contributed by atoms with E-state index in [-0.39, 0.29) is 10.8 Å². The fourth-order valence-corrected chi connectivity index (χ4v) is 2.83. The minimum atomic E-state index is -0.914. The quantitative estimate of drug-likeness (QED) is 0.431. The lowest BCUT2D eigenvalue weighted by molar-refractivity contribution is -0.131. The Morgan fingerprint density at radius 1 is 1.00 bits per heavy atom. The molecule has 0 aliphatic carbocycles. The summed E-state index contributed by atoms with van der Waals surface area (Å²) in [7, 11) is 0. The lowest BCUT2D eigenvalue weighted by Crippen LogP contribution is -2.17. The average Bonchev–Trinajstić information content (AvgIpc) is 2.51. The lowest BCUT2D eigenvalue weighted by Gasteiger charge is -2.26. The fourth-order valence-electron chi connectivity index (χ4n) is 2.83. The largest absolute Gasteiger partial charge is 0.478 e. The number of carbonyl (C=O) groups is 1. The van der Waals surface area contributed by atoms with Gasteiger partial charge >= 0.3 is 5.97 Å². The van der Waals surface area contributed by atoms with E-state index in [0.717, 1.165) is 18.4 Å². The van der Waals surface area contributed by atoms with Crippen LogP contribution in [-0.2, 0) is 15.6 Å². The van der Waals surface area contributed by atoms with Gasteiger partial charge in [0, 0.05) is 6.08 Å². The van der Waals surface area contributed by atoms with Crippen molar-refractivity contribution in [2.75, 3.05) is 0 Å². The van der Waals surface area contributed by atoms with Gasteiger partial charge in [-0.1, -0.05) is 91.3 Å². The Morgan fingerprint density at radius 3 is 1.93 bits per heavy atom. The molecule has 0 aliphatic rings. The molecule has 0 bridgehead atoms. The second-order valence-electron chi connectivity index (χ2n) is 9.33. The van der Waals surface area contributed by atoms with Gasteiger partial charge in [-0.15, -0.1) is 0 Å². The molecular formula is C25H36O2. The minimum absolute atomic E-state index is 0.0873. The molecule has 0 amide bonds. The van der Waals surface area contributed by atoms with Crippen molar-refractivity contribution < 1.29 is 9.90 Å². The van der Waals surface area contributed by atoms with Crippen LogP contribution >= 0.6 is 0 Å². The van der Waals surface area contributed by atoms with Crippen LogP contribution in [0, 0.1) is 0 Å². The van der Waals surface area contributed by atoms with E-state index in [1.165, 1.54) is 28.3 Å². The van der Waals surface area contributed by atoms with Crippen LogP contribution in [0.15, 0.2) is 48.1 Å². The Hall–Kier alpha value is -2.09. The molecule has 0 atom stereocenters. The summed E-state index contributed by atoms with van der Waals surface area (Å²) < 4.78 is 0. The summed E-state index contributed by atoms with van der Waals surface area (Å²) >= 11 is 0. The van der Waals surface area contributed by atoms with Crippen molar-refractivity contribution in [2.24, 2.45) is 0 Å². The number of carboxylic acids is 1. The summed E-state index contributed by atoms with van der Waals surface area (Å²) in [6, 6.07) is 6.96. The zero-order chi connectivity index (χ0) is 20.8. The highest BCUT2D eigenvalue weighted by Crippen LogP contribution is 2.33. The summed E-state index contributed by atoms with van der Waals surface area (Å²) in [5, 5.41) is 8.84. The summed E-state index contributed by atoms with van der Waals surface area (Å²) in [4.78, 5) is 10.8. The van der Waals surface area contributed by atoms with Gasteiger partial charge in [0.2, 0.25) is 0 Å². The number of rotatable bonds is 6. The fraction of sp³-hybridized carbons (Fsp3) is 0.480. The van der Waals surface area contributed by atoms with E-state index in [1.807, 2.05) is 12.2 Å². The van der Waals surface area contributed by atoms with Gasteiger partial charge < -0.3 is 5.11 Å². The van der Waals surface area contributed by atoms with E-state index >= 15 is 0 Å². The minimum Gasteiger partial charge on any atom is -0.478 e. The van der Waals surface area contributed by atoms with Crippen molar-refractivity contribution in [3.63, 3.8) is 0 Å². The SMILES string of the molecule is CCC\C(=C/C=C/C(C)=C/C(=O)O)c1cc(C(C)(C)C)cc(C(C)(C)C)c1. The van der Waals surface area contributed by atoms with Crippen LogP contribution in [0.3, 0.4) is 0 Å². The second kappa shape index (κ2) is 9.21. The van der Waals surface area contributed by atoms with Crippen molar-refractivity contribution in [3.05, 3.63) is 64.8 Å². The summed E-state index contributed by atoms with van der Waals surface area (Å²) in [5.41, 5.74) is 6.14. The van der Waals surface area contributed by atoms with Crippen molar-refractivity contribution in [2.45, 2.75) is 79.1 Å². The van der Waals surface area contributed by atoms with Crippen LogP contribution in [0.1, 0.15) is 84.9 Å². The maximum atomic E-state index is 10.8. The summed E-state index contributed by atoms with van der Waals surface area (Å²) in [6.45, 7) is 17.5. The molecule has 2 heteroatoms. The first-order chi connectivity index (χ1) is 12.3. The zero-order valence-electron chi connectivity index (χ0n) is 18.3. The molecule has 2 nitrogen and oxygen atoms in total. The van der Waals surface area contributed by atoms with Crippen LogP contribution in [0.25, 0.3) is 5.57 Å². The number of benzene rings is 1. The highest BCUT2D eigenvalue weighted by molar-refractivity contribution is 5.81. The van der Waals surface area contributed by atoms with E-state index in [2.05, 4.69) is 72.7 Å². The van der Waals surface area contributed by atoms with Crippen LogP contribution < -0.4 is 0 Å². The zero-order valence-corrected chi connectivity index (χ0v) is 18.3. The van der Waals surface area contributed by atoms with E-state index in [0.29, 0.717) is 0 Å². The average molecular weight is 369 g/mol. The Balaban J connectivity index is 3.44. The highest BCUT2D eigenvalue weighted by atomic mass is 16.4. The van der Waals surface area contributed by atoms with Crippen LogP contribution in [0.2, 0.25) is 0 Å². The molecule has 1 N–H and O–H groups in total. The van der Waals surface area contributed by atoms with E-state index in [1.54, 1.807) is 6.92 Å². The Labute approximate surface area is 165 Å². The first-order valence-electron chi connectivity index (χ1n) is 9.79. The molecule has 1 rings (SSSR count). The van der Waals surface area contributed by atoms with Gasteiger partial charge in [0.15, 0.2) is 0 Å². The molecule has 0 fully saturated rings. The van der Waals surface area contributed by atoms with Gasteiger partial charge in [0.1, 0.15) is 0 Å². The second-order valence-corrected chi connectivity index (χ2v) is 9.33. The number of aliphatic carboxylic acids is 1. The van der Waals surface area contributed by atoms with Gasteiger partial charge in [-0.05, 0) is 52.0 Å². The molecule has 0 radical (unpaired) electrons. The maximum absolute atomic E-state index is 10.8. The smallest absolute Gasteiger partial charge is 0.328 e. The lowest BCUT2D eigenvalue weighted by atomic mass is 9.78. The van der Waals surface area contributed by atoms with Crippen molar-refractivity contribution in [1.29, 1.82) is 0 Å². The maximum Gasteiger partial charge on any atom is 0.328 e. The van der Waals surface area contributed by atoms with Crippen LogP contribution in [-0.4, -0.2) is 11.1 Å². The summed E-state index contributed by atoms with van der Waals surface area (Å²) in [5.74, 6) is -0.914. The third kappa shape index (κ3) is 7.58. The number of hydrogen-bond acceptors (Lipinski definition) is 1. The first-order valence-corrected chi connectivity index (χ1v) is 9.79. The molecule has 0 aromatic heterocycles. The normalized spacial score (nSPS) is 14.1. The molecule has 0 heterocycles. The molecular weight excluding hydrogens is 332 g/mol. The van der Waals surface area contributed by atoms with Gasteiger partial charge in [-0.25, -0.2) is 4.79 Å². The molecule has 148 valence electrons. The monoisotopic (exact) mass is 368 g/mol. The summed E-state index contributed by atoms with van der Waals surface area (Å²) in [6.07, 6.45) is 9.21. The molecule has 0 unspecified atom stereocenters.